The maximum Gasteiger partial charge on any atom is 0.157 e. The van der Waals surface area contributed by atoms with E-state index >= 15 is 0 Å². The van der Waals surface area contributed by atoms with Crippen LogP contribution in [0.1, 0.15) is 19.8 Å². The number of aromatic nitrogens is 2. The molecule has 20 heavy (non-hydrogen) atoms. The number of hydrogen-bond acceptors (Lipinski definition) is 6. The van der Waals surface area contributed by atoms with Gasteiger partial charge in [-0.15, -0.1) is 0 Å². The zero-order valence-electron chi connectivity index (χ0n) is 12.1. The summed E-state index contributed by atoms with van der Waals surface area (Å²) in [5, 5.41) is 0. The smallest absolute Gasteiger partial charge is 0.157 e. The highest BCUT2D eigenvalue weighted by atomic mass is 16.5. The zero-order valence-corrected chi connectivity index (χ0v) is 12.1. The van der Waals surface area contributed by atoms with Crippen molar-refractivity contribution in [3.8, 4) is 0 Å². The lowest BCUT2D eigenvalue weighted by Crippen LogP contribution is -2.38. The molecule has 2 N–H and O–H groups in total. The molecule has 6 nitrogen and oxygen atoms in total. The van der Waals surface area contributed by atoms with Crippen molar-refractivity contribution in [1.29, 1.82) is 0 Å². The van der Waals surface area contributed by atoms with Crippen LogP contribution in [0.2, 0.25) is 0 Å². The molecule has 1 aromatic rings. The fourth-order valence-corrected chi connectivity index (χ4v) is 2.88. The Balaban J connectivity index is 1.81. The molecule has 0 bridgehead atoms. The highest BCUT2D eigenvalue weighted by Crippen LogP contribution is 2.31. The van der Waals surface area contributed by atoms with Crippen LogP contribution in [0.15, 0.2) is 6.33 Å². The van der Waals surface area contributed by atoms with Gasteiger partial charge in [-0.3, -0.25) is 0 Å². The van der Waals surface area contributed by atoms with Crippen molar-refractivity contribution < 1.29 is 4.74 Å². The van der Waals surface area contributed by atoms with E-state index < -0.39 is 0 Å². The van der Waals surface area contributed by atoms with Gasteiger partial charge in [-0.25, -0.2) is 9.97 Å². The molecule has 0 atom stereocenters. The van der Waals surface area contributed by atoms with Gasteiger partial charge in [0.05, 0.1) is 13.2 Å². The minimum atomic E-state index is 0.712. The Kier molecular flexibility index (Phi) is 3.91. The Bertz CT molecular complexity index is 453. The maximum absolute atomic E-state index is 6.33. The van der Waals surface area contributed by atoms with E-state index in [-0.39, 0.29) is 0 Å². The number of morpholine rings is 1. The summed E-state index contributed by atoms with van der Waals surface area (Å²) in [7, 11) is 0. The Morgan fingerprint density at radius 1 is 1.05 bits per heavy atom. The molecule has 0 aliphatic carbocycles. The number of nitrogen functional groups attached to an aromatic ring is 1. The lowest BCUT2D eigenvalue weighted by molar-refractivity contribution is 0.122. The highest BCUT2D eigenvalue weighted by molar-refractivity contribution is 5.75. The van der Waals surface area contributed by atoms with Crippen LogP contribution >= 0.6 is 0 Å². The topological polar surface area (TPSA) is 67.5 Å². The molecular formula is C14H23N5O. The normalized spacial score (nSPS) is 21.2. The number of piperidine rings is 1. The summed E-state index contributed by atoms with van der Waals surface area (Å²) in [6.07, 6.45) is 4.04. The van der Waals surface area contributed by atoms with Gasteiger partial charge in [-0.05, 0) is 18.8 Å². The minimum absolute atomic E-state index is 0.712. The second-order valence-electron chi connectivity index (χ2n) is 5.70. The van der Waals surface area contributed by atoms with Gasteiger partial charge in [-0.2, -0.15) is 0 Å². The first-order valence-electron chi connectivity index (χ1n) is 7.44. The predicted molar refractivity (Wildman–Crippen MR) is 80.1 cm³/mol. The Morgan fingerprint density at radius 2 is 1.60 bits per heavy atom. The van der Waals surface area contributed by atoms with Crippen molar-refractivity contribution in [2.45, 2.75) is 19.8 Å². The number of ether oxygens (including phenoxy) is 1. The molecule has 0 amide bonds. The number of rotatable bonds is 2. The molecular weight excluding hydrogens is 254 g/mol. The maximum atomic E-state index is 6.33. The first-order chi connectivity index (χ1) is 9.75. The van der Waals surface area contributed by atoms with Crippen molar-refractivity contribution in [2.75, 3.05) is 54.9 Å². The van der Waals surface area contributed by atoms with Gasteiger partial charge in [0, 0.05) is 26.2 Å². The lowest BCUT2D eigenvalue weighted by Gasteiger charge is -2.34. The average Bonchev–Trinajstić information content (AvgIpc) is 2.49. The van der Waals surface area contributed by atoms with Gasteiger partial charge in [-0.1, -0.05) is 6.92 Å². The number of nitrogens with two attached hydrogens (primary N) is 1. The summed E-state index contributed by atoms with van der Waals surface area (Å²) >= 11 is 0. The predicted octanol–water partition coefficient (Wildman–Crippen LogP) is 1.13. The first-order valence-corrected chi connectivity index (χ1v) is 7.44. The number of nitrogens with zero attached hydrogens (tertiary/aromatic N) is 4. The van der Waals surface area contributed by atoms with Gasteiger partial charge in [0.15, 0.2) is 11.6 Å². The molecule has 0 unspecified atom stereocenters. The summed E-state index contributed by atoms with van der Waals surface area (Å²) < 4.78 is 5.38. The van der Waals surface area contributed by atoms with E-state index in [2.05, 4.69) is 26.7 Å². The molecule has 2 fully saturated rings. The van der Waals surface area contributed by atoms with Crippen molar-refractivity contribution >= 4 is 17.3 Å². The monoisotopic (exact) mass is 277 g/mol. The van der Waals surface area contributed by atoms with Crippen LogP contribution in [-0.2, 0) is 4.74 Å². The van der Waals surface area contributed by atoms with Gasteiger partial charge in [0.2, 0.25) is 0 Å². The standard InChI is InChI=1S/C14H23N5O/c1-11-2-4-18(5-3-11)13-12(15)14(17-10-16-13)19-6-8-20-9-7-19/h10-11H,2-9,15H2,1H3. The van der Waals surface area contributed by atoms with E-state index in [9.17, 15) is 0 Å². The number of anilines is 3. The van der Waals surface area contributed by atoms with E-state index in [4.69, 9.17) is 10.5 Å². The van der Waals surface area contributed by atoms with Crippen LogP contribution in [-0.4, -0.2) is 49.4 Å². The van der Waals surface area contributed by atoms with Crippen LogP contribution in [0, 0.1) is 5.92 Å². The van der Waals surface area contributed by atoms with Crippen LogP contribution in [0.25, 0.3) is 0 Å². The van der Waals surface area contributed by atoms with E-state index in [0.29, 0.717) is 5.69 Å². The first kappa shape index (κ1) is 13.4. The highest BCUT2D eigenvalue weighted by Gasteiger charge is 2.23. The second kappa shape index (κ2) is 5.83. The fourth-order valence-electron chi connectivity index (χ4n) is 2.88. The molecule has 0 saturated carbocycles. The lowest BCUT2D eigenvalue weighted by atomic mass is 9.99. The molecule has 0 aromatic carbocycles. The van der Waals surface area contributed by atoms with Crippen molar-refractivity contribution in [3.05, 3.63) is 6.33 Å². The summed E-state index contributed by atoms with van der Waals surface area (Å²) in [5.41, 5.74) is 7.04. The van der Waals surface area contributed by atoms with Crippen molar-refractivity contribution in [1.82, 2.24) is 9.97 Å². The summed E-state index contributed by atoms with van der Waals surface area (Å²) in [6, 6.07) is 0. The zero-order chi connectivity index (χ0) is 13.9. The SMILES string of the molecule is CC1CCN(c2ncnc(N3CCOCC3)c2N)CC1. The third kappa shape index (κ3) is 2.65. The molecule has 3 rings (SSSR count). The molecule has 3 heterocycles. The minimum Gasteiger partial charge on any atom is -0.393 e. The third-order valence-electron chi connectivity index (χ3n) is 4.24. The van der Waals surface area contributed by atoms with E-state index in [1.807, 2.05) is 0 Å². The Morgan fingerprint density at radius 3 is 2.20 bits per heavy atom. The van der Waals surface area contributed by atoms with Crippen LogP contribution in [0.4, 0.5) is 17.3 Å². The molecule has 1 aromatic heterocycles. The summed E-state index contributed by atoms with van der Waals surface area (Å²) in [5.74, 6) is 2.55. The molecule has 110 valence electrons. The van der Waals surface area contributed by atoms with Crippen molar-refractivity contribution in [3.63, 3.8) is 0 Å². The van der Waals surface area contributed by atoms with Gasteiger partial charge < -0.3 is 20.3 Å². The Hall–Kier alpha value is -1.56. The summed E-state index contributed by atoms with van der Waals surface area (Å²) in [6.45, 7) is 7.53. The Labute approximate surface area is 119 Å². The largest absolute Gasteiger partial charge is 0.393 e. The average molecular weight is 277 g/mol. The van der Waals surface area contributed by atoms with Gasteiger partial charge >= 0.3 is 0 Å². The van der Waals surface area contributed by atoms with E-state index in [1.165, 1.54) is 12.8 Å². The summed E-state index contributed by atoms with van der Waals surface area (Å²) in [4.78, 5) is 13.3. The van der Waals surface area contributed by atoms with Crippen LogP contribution in [0.5, 0.6) is 0 Å². The van der Waals surface area contributed by atoms with Crippen LogP contribution < -0.4 is 15.5 Å². The molecule has 6 heteroatoms. The quantitative estimate of drug-likeness (QED) is 0.874. The molecule has 0 spiro atoms. The second-order valence-corrected chi connectivity index (χ2v) is 5.70. The third-order valence-corrected chi connectivity index (χ3v) is 4.24. The molecule has 0 radical (unpaired) electrons. The van der Waals surface area contributed by atoms with Crippen LogP contribution in [0.3, 0.4) is 0 Å². The fraction of sp³-hybridized carbons (Fsp3) is 0.714. The van der Waals surface area contributed by atoms with E-state index in [0.717, 1.165) is 56.9 Å². The number of hydrogen-bond donors (Lipinski definition) is 1. The molecule has 2 aliphatic rings. The van der Waals surface area contributed by atoms with Gasteiger partial charge in [0.25, 0.3) is 0 Å². The molecule has 2 aliphatic heterocycles. The van der Waals surface area contributed by atoms with E-state index in [1.54, 1.807) is 6.33 Å². The van der Waals surface area contributed by atoms with Gasteiger partial charge in [0.1, 0.15) is 12.0 Å². The molecule has 2 saturated heterocycles. The van der Waals surface area contributed by atoms with Crippen molar-refractivity contribution in [2.24, 2.45) is 5.92 Å².